The standard InChI is InChI=1S/C30H36N4O3/c1-30(18-24-9-6-10-26(16-24)37-2)28(35)25(17-27(31)34-30)15-21-11-13-23(14-12-21)20-33-29(36)32-19-22-7-4-3-5-8-22/h3-14,16,25,28,35H,15,17-20H2,1-2H3,(H2,31,34)(H2,32,33,36). The van der Waals surface area contributed by atoms with Gasteiger partial charge >= 0.3 is 6.03 Å². The number of nitrogens with zero attached hydrogens (tertiary/aromatic N) is 1. The Balaban J connectivity index is 1.32. The predicted octanol–water partition coefficient (Wildman–Crippen LogP) is 3.98. The van der Waals surface area contributed by atoms with Crippen LogP contribution >= 0.6 is 0 Å². The van der Waals surface area contributed by atoms with Gasteiger partial charge in [0.2, 0.25) is 0 Å². The molecule has 7 heteroatoms. The summed E-state index contributed by atoms with van der Waals surface area (Å²) in [5, 5.41) is 17.1. The highest BCUT2D eigenvalue weighted by Crippen LogP contribution is 2.34. The number of methoxy groups -OCH3 is 1. The highest BCUT2D eigenvalue weighted by Gasteiger charge is 2.42. The van der Waals surface area contributed by atoms with E-state index in [0.29, 0.717) is 38.2 Å². The van der Waals surface area contributed by atoms with Crippen molar-refractivity contribution < 1.29 is 14.6 Å². The fourth-order valence-corrected chi connectivity index (χ4v) is 4.97. The van der Waals surface area contributed by atoms with Crippen LogP contribution in [-0.4, -0.2) is 35.7 Å². The number of hydrogen-bond acceptors (Lipinski definition) is 5. The smallest absolute Gasteiger partial charge is 0.315 e. The number of amidine groups is 1. The number of aliphatic hydroxyl groups is 1. The van der Waals surface area contributed by atoms with E-state index < -0.39 is 11.6 Å². The molecule has 0 aromatic heterocycles. The van der Waals surface area contributed by atoms with Crippen molar-refractivity contribution in [1.82, 2.24) is 10.6 Å². The summed E-state index contributed by atoms with van der Waals surface area (Å²) in [4.78, 5) is 16.8. The first kappa shape index (κ1) is 26.2. The fraction of sp³-hybridized carbons (Fsp3) is 0.333. The van der Waals surface area contributed by atoms with E-state index in [4.69, 9.17) is 10.5 Å². The van der Waals surface area contributed by atoms with Crippen LogP contribution < -0.4 is 21.1 Å². The van der Waals surface area contributed by atoms with Crippen LogP contribution in [0.2, 0.25) is 0 Å². The van der Waals surface area contributed by atoms with E-state index in [9.17, 15) is 9.90 Å². The number of ether oxygens (including phenoxy) is 1. The van der Waals surface area contributed by atoms with Gasteiger partial charge in [0.1, 0.15) is 5.75 Å². The number of carbonyl (C=O) groups is 1. The van der Waals surface area contributed by atoms with Crippen molar-refractivity contribution in [3.63, 3.8) is 0 Å². The summed E-state index contributed by atoms with van der Waals surface area (Å²) in [5.74, 6) is 1.31. The van der Waals surface area contributed by atoms with Crippen molar-refractivity contribution in [1.29, 1.82) is 0 Å². The molecule has 7 nitrogen and oxygen atoms in total. The Morgan fingerprint density at radius 2 is 1.59 bits per heavy atom. The van der Waals surface area contributed by atoms with Gasteiger partial charge in [-0.05, 0) is 53.6 Å². The summed E-state index contributed by atoms with van der Waals surface area (Å²) >= 11 is 0. The molecular weight excluding hydrogens is 464 g/mol. The molecule has 3 atom stereocenters. The quantitative estimate of drug-likeness (QED) is 0.356. The van der Waals surface area contributed by atoms with Crippen molar-refractivity contribution in [2.45, 2.75) is 50.9 Å². The Hall–Kier alpha value is -3.84. The lowest BCUT2D eigenvalue weighted by molar-refractivity contribution is 0.0353. The van der Waals surface area contributed by atoms with Crippen molar-refractivity contribution in [3.8, 4) is 5.75 Å². The molecule has 0 saturated heterocycles. The minimum Gasteiger partial charge on any atom is -0.497 e. The Bertz CT molecular complexity index is 1210. The Labute approximate surface area is 218 Å². The number of aliphatic hydroxyl groups excluding tert-OH is 1. The third kappa shape index (κ3) is 7.11. The second kappa shape index (κ2) is 11.9. The number of nitrogens with one attached hydrogen (secondary N) is 2. The van der Waals surface area contributed by atoms with E-state index in [1.165, 1.54) is 0 Å². The van der Waals surface area contributed by atoms with E-state index in [2.05, 4.69) is 15.6 Å². The minimum atomic E-state index is -0.712. The van der Waals surface area contributed by atoms with Crippen LogP contribution in [0.5, 0.6) is 5.75 Å². The Morgan fingerprint density at radius 1 is 0.973 bits per heavy atom. The number of benzene rings is 3. The van der Waals surface area contributed by atoms with Crippen molar-refractivity contribution in [2.75, 3.05) is 7.11 Å². The summed E-state index contributed by atoms with van der Waals surface area (Å²) < 4.78 is 5.35. The lowest BCUT2D eigenvalue weighted by Crippen LogP contribution is -2.51. The lowest BCUT2D eigenvalue weighted by atomic mass is 9.75. The molecule has 3 unspecified atom stereocenters. The summed E-state index contributed by atoms with van der Waals surface area (Å²) in [5.41, 5.74) is 9.75. The Morgan fingerprint density at radius 3 is 2.27 bits per heavy atom. The highest BCUT2D eigenvalue weighted by molar-refractivity contribution is 5.82. The third-order valence-electron chi connectivity index (χ3n) is 6.92. The van der Waals surface area contributed by atoms with Gasteiger partial charge in [0.25, 0.3) is 0 Å². The average Bonchev–Trinajstić information content (AvgIpc) is 2.90. The van der Waals surface area contributed by atoms with Gasteiger partial charge in [-0.1, -0.05) is 66.7 Å². The highest BCUT2D eigenvalue weighted by atomic mass is 16.5. The molecule has 2 amide bonds. The molecule has 1 aliphatic rings. The van der Waals surface area contributed by atoms with Gasteiger partial charge in [-0.2, -0.15) is 0 Å². The van der Waals surface area contributed by atoms with Gasteiger partial charge in [0, 0.05) is 25.9 Å². The topological polar surface area (TPSA) is 109 Å². The second-order valence-corrected chi connectivity index (χ2v) is 9.94. The van der Waals surface area contributed by atoms with E-state index in [1.54, 1.807) is 7.11 Å². The number of nitrogens with two attached hydrogens (primary N) is 1. The number of rotatable bonds is 9. The fourth-order valence-electron chi connectivity index (χ4n) is 4.97. The SMILES string of the molecule is COc1cccc(CC2(C)N=C(N)CC(Cc3ccc(CNC(=O)NCc4ccccc4)cc3)C2O)c1. The Kier molecular flexibility index (Phi) is 8.46. The molecule has 5 N–H and O–H groups in total. The van der Waals surface area contributed by atoms with Gasteiger partial charge in [-0.15, -0.1) is 0 Å². The zero-order chi connectivity index (χ0) is 26.3. The molecule has 0 spiro atoms. The molecule has 3 aromatic carbocycles. The van der Waals surface area contributed by atoms with Crippen molar-refractivity contribution in [2.24, 2.45) is 16.6 Å². The first-order chi connectivity index (χ1) is 17.8. The lowest BCUT2D eigenvalue weighted by Gasteiger charge is -2.40. The maximum atomic E-state index is 12.1. The molecule has 1 heterocycles. The van der Waals surface area contributed by atoms with E-state index in [1.807, 2.05) is 85.8 Å². The minimum absolute atomic E-state index is 0.0409. The number of amides is 2. The molecule has 0 radical (unpaired) electrons. The van der Waals surface area contributed by atoms with Crippen molar-refractivity contribution in [3.05, 3.63) is 101 Å². The number of hydrogen-bond donors (Lipinski definition) is 4. The largest absolute Gasteiger partial charge is 0.497 e. The maximum absolute atomic E-state index is 12.1. The van der Waals surface area contributed by atoms with Crippen LogP contribution in [0.4, 0.5) is 4.79 Å². The van der Waals surface area contributed by atoms with Crippen molar-refractivity contribution >= 4 is 11.9 Å². The summed E-state index contributed by atoms with van der Waals surface area (Å²) in [6.45, 7) is 2.89. The van der Waals surface area contributed by atoms with E-state index in [-0.39, 0.29) is 11.9 Å². The zero-order valence-corrected chi connectivity index (χ0v) is 21.5. The van der Waals surface area contributed by atoms with Crippen LogP contribution in [0.3, 0.4) is 0 Å². The average molecular weight is 501 g/mol. The maximum Gasteiger partial charge on any atom is 0.315 e. The molecule has 0 bridgehead atoms. The summed E-state index contributed by atoms with van der Waals surface area (Å²) in [7, 11) is 1.64. The molecule has 0 aliphatic carbocycles. The third-order valence-corrected chi connectivity index (χ3v) is 6.92. The van der Waals surface area contributed by atoms with Gasteiger partial charge in [-0.25, -0.2) is 4.79 Å². The summed E-state index contributed by atoms with van der Waals surface area (Å²) in [6.07, 6.45) is 1.18. The van der Waals surface area contributed by atoms with Crippen LogP contribution in [0.15, 0.2) is 83.9 Å². The van der Waals surface area contributed by atoms with Gasteiger partial charge in [0.05, 0.1) is 24.6 Å². The normalized spacial score (nSPS) is 21.1. The van der Waals surface area contributed by atoms with E-state index in [0.717, 1.165) is 28.0 Å². The van der Waals surface area contributed by atoms with Gasteiger partial charge in [0.15, 0.2) is 0 Å². The monoisotopic (exact) mass is 500 g/mol. The van der Waals surface area contributed by atoms with Crippen LogP contribution in [0, 0.1) is 5.92 Å². The van der Waals surface area contributed by atoms with Gasteiger partial charge < -0.3 is 26.2 Å². The molecule has 3 aromatic rings. The number of aliphatic imine (C=N–C) groups is 1. The molecule has 194 valence electrons. The second-order valence-electron chi connectivity index (χ2n) is 9.94. The molecule has 0 saturated carbocycles. The molecule has 4 rings (SSSR count). The molecular formula is C30H36N4O3. The predicted molar refractivity (Wildman–Crippen MR) is 147 cm³/mol. The van der Waals surface area contributed by atoms with Gasteiger partial charge in [-0.3, -0.25) is 4.99 Å². The molecule has 0 fully saturated rings. The van der Waals surface area contributed by atoms with Crippen LogP contribution in [0.25, 0.3) is 0 Å². The van der Waals surface area contributed by atoms with Crippen LogP contribution in [-0.2, 0) is 25.9 Å². The zero-order valence-electron chi connectivity index (χ0n) is 21.5. The molecule has 37 heavy (non-hydrogen) atoms. The van der Waals surface area contributed by atoms with Crippen LogP contribution in [0.1, 0.15) is 35.6 Å². The summed E-state index contributed by atoms with van der Waals surface area (Å²) in [6, 6.07) is 25.5. The van der Waals surface area contributed by atoms with E-state index >= 15 is 0 Å². The first-order valence-corrected chi connectivity index (χ1v) is 12.6. The number of carbonyl (C=O) groups excluding carboxylic acids is 1. The molecule has 1 aliphatic heterocycles. The first-order valence-electron chi connectivity index (χ1n) is 12.6. The number of urea groups is 1.